The quantitative estimate of drug-likeness (QED) is 0.397. The van der Waals surface area contributed by atoms with Gasteiger partial charge in [0, 0.05) is 18.2 Å². The molecule has 0 atom stereocenters. The van der Waals surface area contributed by atoms with Gasteiger partial charge in [-0.2, -0.15) is 13.2 Å². The number of furan rings is 1. The summed E-state index contributed by atoms with van der Waals surface area (Å²) in [7, 11) is 0. The van der Waals surface area contributed by atoms with Crippen LogP contribution < -0.4 is 0 Å². The van der Waals surface area contributed by atoms with Crippen molar-refractivity contribution in [2.75, 3.05) is 6.54 Å². The maximum Gasteiger partial charge on any atom is 0.417 e. The molecule has 1 aliphatic rings. The molecule has 8 heteroatoms. The van der Waals surface area contributed by atoms with Crippen LogP contribution >= 0.6 is 24.0 Å². The molecule has 134 valence electrons. The lowest BCUT2D eigenvalue weighted by molar-refractivity contribution is -0.137. The number of hydrogen-bond donors (Lipinski definition) is 0. The molecule has 0 spiro atoms. The molecule has 1 aromatic carbocycles. The van der Waals surface area contributed by atoms with Gasteiger partial charge in [0.2, 0.25) is 0 Å². The summed E-state index contributed by atoms with van der Waals surface area (Å²) in [6, 6.07) is 8.13. The molecule has 1 aromatic heterocycles. The number of carbonyl (C=O) groups is 1. The second kappa shape index (κ2) is 7.13. The first-order valence-corrected chi connectivity index (χ1v) is 8.66. The topological polar surface area (TPSA) is 33.5 Å². The zero-order valence-electron chi connectivity index (χ0n) is 13.2. The SMILES string of the molecule is C=CCN1C(=O)/C(=C/c2ccc(-c3ccccc3C(F)(F)F)o2)SC1=S. The minimum absolute atomic E-state index is 0.0566. The second-order valence-corrected chi connectivity index (χ2v) is 7.00. The Labute approximate surface area is 157 Å². The standard InChI is InChI=1S/C18H12F3NO2S2/c1-2-9-22-16(23)15(26-17(22)25)10-11-7-8-14(24-11)12-5-3-4-6-13(12)18(19,20)21/h2-8,10H,1,9H2/b15-10-. The van der Waals surface area contributed by atoms with Crippen molar-refractivity contribution in [3.05, 3.63) is 65.3 Å². The fourth-order valence-corrected chi connectivity index (χ4v) is 3.69. The van der Waals surface area contributed by atoms with Crippen LogP contribution in [-0.2, 0) is 11.0 Å². The lowest BCUT2D eigenvalue weighted by atomic mass is 10.1. The molecule has 0 N–H and O–H groups in total. The summed E-state index contributed by atoms with van der Waals surface area (Å²) in [5, 5.41) is 0. The number of rotatable bonds is 4. The van der Waals surface area contributed by atoms with Crippen LogP contribution in [0, 0.1) is 0 Å². The molecule has 3 nitrogen and oxygen atoms in total. The highest BCUT2D eigenvalue weighted by atomic mass is 32.2. The zero-order chi connectivity index (χ0) is 18.9. The average molecular weight is 395 g/mol. The van der Waals surface area contributed by atoms with E-state index in [1.165, 1.54) is 41.3 Å². The van der Waals surface area contributed by atoms with Crippen LogP contribution in [0.1, 0.15) is 11.3 Å². The van der Waals surface area contributed by atoms with Gasteiger partial charge in [0.15, 0.2) is 0 Å². The van der Waals surface area contributed by atoms with E-state index in [9.17, 15) is 18.0 Å². The Morgan fingerprint density at radius 3 is 2.65 bits per heavy atom. The molecule has 0 bridgehead atoms. The number of benzene rings is 1. The van der Waals surface area contributed by atoms with Crippen molar-refractivity contribution in [1.82, 2.24) is 4.90 Å². The summed E-state index contributed by atoms with van der Waals surface area (Å²) in [4.78, 5) is 14.0. The molecule has 26 heavy (non-hydrogen) atoms. The van der Waals surface area contributed by atoms with E-state index < -0.39 is 11.7 Å². The van der Waals surface area contributed by atoms with E-state index in [2.05, 4.69) is 6.58 Å². The van der Waals surface area contributed by atoms with Gasteiger partial charge in [-0.3, -0.25) is 9.69 Å². The molecule has 0 unspecified atom stereocenters. The highest BCUT2D eigenvalue weighted by Crippen LogP contribution is 2.38. The number of alkyl halides is 3. The highest BCUT2D eigenvalue weighted by molar-refractivity contribution is 8.26. The molecule has 3 rings (SSSR count). The van der Waals surface area contributed by atoms with Crippen LogP contribution in [0.25, 0.3) is 17.4 Å². The van der Waals surface area contributed by atoms with E-state index >= 15 is 0 Å². The number of thioether (sulfide) groups is 1. The predicted octanol–water partition coefficient (Wildman–Crippen LogP) is 5.35. The first-order valence-electron chi connectivity index (χ1n) is 7.44. The monoisotopic (exact) mass is 395 g/mol. The smallest absolute Gasteiger partial charge is 0.417 e. The molecule has 1 amide bonds. The lowest BCUT2D eigenvalue weighted by Crippen LogP contribution is -2.27. The Kier molecular flexibility index (Phi) is 5.06. The first kappa shape index (κ1) is 18.5. The molecular weight excluding hydrogens is 383 g/mol. The predicted molar refractivity (Wildman–Crippen MR) is 99.2 cm³/mol. The largest absolute Gasteiger partial charge is 0.457 e. The van der Waals surface area contributed by atoms with Crippen molar-refractivity contribution >= 4 is 40.3 Å². The van der Waals surface area contributed by atoms with Gasteiger partial charge in [0.1, 0.15) is 15.8 Å². The van der Waals surface area contributed by atoms with E-state index in [-0.39, 0.29) is 23.0 Å². The van der Waals surface area contributed by atoms with Gasteiger partial charge in [0.05, 0.1) is 10.5 Å². The third-order valence-corrected chi connectivity index (χ3v) is 4.96. The van der Waals surface area contributed by atoms with Gasteiger partial charge in [-0.1, -0.05) is 48.3 Å². The molecule has 2 aromatic rings. The fourth-order valence-electron chi connectivity index (χ4n) is 2.44. The third kappa shape index (κ3) is 3.61. The molecule has 2 heterocycles. The van der Waals surface area contributed by atoms with Crippen LogP contribution in [0.3, 0.4) is 0 Å². The molecule has 0 radical (unpaired) electrons. The number of carbonyl (C=O) groups excluding carboxylic acids is 1. The second-order valence-electron chi connectivity index (χ2n) is 5.33. The van der Waals surface area contributed by atoms with Crippen molar-refractivity contribution in [1.29, 1.82) is 0 Å². The fraction of sp³-hybridized carbons (Fsp3) is 0.111. The maximum absolute atomic E-state index is 13.1. The summed E-state index contributed by atoms with van der Waals surface area (Å²) in [5.74, 6) is 0.0652. The van der Waals surface area contributed by atoms with E-state index in [0.29, 0.717) is 15.8 Å². The Balaban J connectivity index is 1.92. The molecule has 1 fully saturated rings. The van der Waals surface area contributed by atoms with Gasteiger partial charge < -0.3 is 4.42 Å². The molecule has 0 aliphatic carbocycles. The molecular formula is C18H12F3NO2S2. The summed E-state index contributed by atoms with van der Waals surface area (Å²) in [5.41, 5.74) is -0.836. The van der Waals surface area contributed by atoms with Gasteiger partial charge in [-0.05, 0) is 18.2 Å². The van der Waals surface area contributed by atoms with Crippen molar-refractivity contribution in [2.45, 2.75) is 6.18 Å². The Bertz CT molecular complexity index is 915. The van der Waals surface area contributed by atoms with Crippen molar-refractivity contribution in [3.63, 3.8) is 0 Å². The van der Waals surface area contributed by atoms with E-state index in [1.54, 1.807) is 6.08 Å². The zero-order valence-corrected chi connectivity index (χ0v) is 14.9. The highest BCUT2D eigenvalue weighted by Gasteiger charge is 2.34. The number of thiocarbonyl (C=S) groups is 1. The number of halogens is 3. The Hall–Kier alpha value is -2.32. The van der Waals surface area contributed by atoms with Crippen LogP contribution in [0.5, 0.6) is 0 Å². The lowest BCUT2D eigenvalue weighted by Gasteiger charge is -2.10. The maximum atomic E-state index is 13.1. The van der Waals surface area contributed by atoms with Crippen LogP contribution in [0.2, 0.25) is 0 Å². The van der Waals surface area contributed by atoms with Crippen LogP contribution in [0.4, 0.5) is 13.2 Å². The van der Waals surface area contributed by atoms with Crippen molar-refractivity contribution in [2.24, 2.45) is 0 Å². The average Bonchev–Trinajstić information content (AvgIpc) is 3.15. The first-order chi connectivity index (χ1) is 12.3. The summed E-state index contributed by atoms with van der Waals surface area (Å²) < 4.78 is 45.4. The van der Waals surface area contributed by atoms with Gasteiger partial charge >= 0.3 is 6.18 Å². The number of amides is 1. The summed E-state index contributed by atoms with van der Waals surface area (Å²) >= 11 is 6.25. The van der Waals surface area contributed by atoms with E-state index in [4.69, 9.17) is 16.6 Å². The number of nitrogens with zero attached hydrogens (tertiary/aromatic N) is 1. The van der Waals surface area contributed by atoms with Crippen molar-refractivity contribution < 1.29 is 22.4 Å². The van der Waals surface area contributed by atoms with Gasteiger partial charge in [-0.15, -0.1) is 6.58 Å². The third-order valence-electron chi connectivity index (χ3n) is 3.58. The van der Waals surface area contributed by atoms with Crippen molar-refractivity contribution in [3.8, 4) is 11.3 Å². The minimum Gasteiger partial charge on any atom is -0.457 e. The number of hydrogen-bond acceptors (Lipinski definition) is 4. The molecule has 0 saturated carbocycles. The van der Waals surface area contributed by atoms with E-state index in [0.717, 1.165) is 17.8 Å². The molecule has 1 saturated heterocycles. The normalized spacial score (nSPS) is 16.6. The minimum atomic E-state index is -4.49. The van der Waals surface area contributed by atoms with Gasteiger partial charge in [-0.25, -0.2) is 0 Å². The Morgan fingerprint density at radius 1 is 1.23 bits per heavy atom. The molecule has 1 aliphatic heterocycles. The van der Waals surface area contributed by atoms with Gasteiger partial charge in [0.25, 0.3) is 5.91 Å². The summed E-state index contributed by atoms with van der Waals surface area (Å²) in [6.07, 6.45) is -1.45. The summed E-state index contributed by atoms with van der Waals surface area (Å²) in [6.45, 7) is 3.87. The van der Waals surface area contributed by atoms with Crippen LogP contribution in [0.15, 0.2) is 58.4 Å². The van der Waals surface area contributed by atoms with E-state index in [1.807, 2.05) is 0 Å². The Morgan fingerprint density at radius 2 is 1.96 bits per heavy atom. The van der Waals surface area contributed by atoms with Crippen LogP contribution in [-0.4, -0.2) is 21.7 Å².